The molecule has 142 valence electrons. The standard InChI is InChI=1S/C21H26N4O2/c1-15(2)16(3)21(24(5)22-4)18-11-12-20(25(26)27)19(13-18)23-14-17-9-7-6-8-10-17/h6-13,15,23H,4,14H2,1-3,5H3/b21-16-. The molecule has 0 aromatic heterocycles. The van der Waals surface area contributed by atoms with Gasteiger partial charge in [0.15, 0.2) is 0 Å². The van der Waals surface area contributed by atoms with Crippen molar-refractivity contribution in [1.29, 1.82) is 0 Å². The van der Waals surface area contributed by atoms with Crippen molar-refractivity contribution in [1.82, 2.24) is 5.01 Å². The molecule has 0 aliphatic heterocycles. The molecule has 27 heavy (non-hydrogen) atoms. The van der Waals surface area contributed by atoms with Crippen molar-refractivity contribution in [3.63, 3.8) is 0 Å². The predicted octanol–water partition coefficient (Wildman–Crippen LogP) is 5.14. The van der Waals surface area contributed by atoms with Crippen LogP contribution >= 0.6 is 0 Å². The topological polar surface area (TPSA) is 70.8 Å². The third-order valence-corrected chi connectivity index (χ3v) is 4.57. The van der Waals surface area contributed by atoms with E-state index in [1.807, 2.05) is 50.4 Å². The van der Waals surface area contributed by atoms with Gasteiger partial charge in [-0.25, -0.2) is 0 Å². The monoisotopic (exact) mass is 366 g/mol. The molecule has 0 amide bonds. The lowest BCUT2D eigenvalue weighted by Gasteiger charge is -2.22. The maximum absolute atomic E-state index is 11.5. The van der Waals surface area contributed by atoms with Gasteiger partial charge in [0.25, 0.3) is 5.69 Å². The van der Waals surface area contributed by atoms with Gasteiger partial charge in [-0.05, 0) is 36.1 Å². The minimum Gasteiger partial charge on any atom is -0.375 e. The van der Waals surface area contributed by atoms with Crippen LogP contribution in [0.2, 0.25) is 0 Å². The van der Waals surface area contributed by atoms with E-state index in [9.17, 15) is 10.1 Å². The van der Waals surface area contributed by atoms with Crippen LogP contribution in [0.5, 0.6) is 0 Å². The molecule has 0 saturated heterocycles. The second kappa shape index (κ2) is 8.98. The summed E-state index contributed by atoms with van der Waals surface area (Å²) in [7, 11) is 1.83. The van der Waals surface area contributed by atoms with Gasteiger partial charge in [-0.2, -0.15) is 5.10 Å². The summed E-state index contributed by atoms with van der Waals surface area (Å²) in [4.78, 5) is 11.1. The van der Waals surface area contributed by atoms with Gasteiger partial charge in [0.05, 0.1) is 10.6 Å². The molecule has 1 N–H and O–H groups in total. The zero-order chi connectivity index (χ0) is 20.0. The van der Waals surface area contributed by atoms with Crippen molar-refractivity contribution in [2.24, 2.45) is 11.0 Å². The Balaban J connectivity index is 2.47. The number of hydrogen-bond donors (Lipinski definition) is 1. The highest BCUT2D eigenvalue weighted by Crippen LogP contribution is 2.33. The lowest BCUT2D eigenvalue weighted by Crippen LogP contribution is -2.13. The first kappa shape index (κ1) is 20.2. The highest BCUT2D eigenvalue weighted by Gasteiger charge is 2.19. The smallest absolute Gasteiger partial charge is 0.292 e. The predicted molar refractivity (Wildman–Crippen MR) is 112 cm³/mol. The van der Waals surface area contributed by atoms with E-state index < -0.39 is 0 Å². The van der Waals surface area contributed by atoms with Crippen LogP contribution in [0.1, 0.15) is 31.9 Å². The van der Waals surface area contributed by atoms with Crippen LogP contribution in [-0.2, 0) is 6.54 Å². The van der Waals surface area contributed by atoms with Crippen LogP contribution in [0.3, 0.4) is 0 Å². The van der Waals surface area contributed by atoms with Crippen molar-refractivity contribution in [2.45, 2.75) is 27.3 Å². The van der Waals surface area contributed by atoms with E-state index in [1.165, 1.54) is 6.07 Å². The maximum atomic E-state index is 11.5. The highest BCUT2D eigenvalue weighted by atomic mass is 16.6. The summed E-state index contributed by atoms with van der Waals surface area (Å²) in [6.45, 7) is 10.4. The summed E-state index contributed by atoms with van der Waals surface area (Å²) in [5, 5.41) is 20.4. The number of hydrazone groups is 1. The number of rotatable bonds is 8. The molecular weight excluding hydrogens is 340 g/mol. The van der Waals surface area contributed by atoms with Crippen molar-refractivity contribution < 1.29 is 4.92 Å². The fraction of sp³-hybridized carbons (Fsp3) is 0.286. The number of anilines is 1. The molecule has 2 rings (SSSR count). The Kier molecular flexibility index (Phi) is 6.71. The first-order valence-corrected chi connectivity index (χ1v) is 8.83. The molecule has 6 nitrogen and oxygen atoms in total. The lowest BCUT2D eigenvalue weighted by molar-refractivity contribution is -0.384. The molecule has 0 unspecified atom stereocenters. The van der Waals surface area contributed by atoms with Crippen LogP contribution in [-0.4, -0.2) is 23.7 Å². The first-order valence-electron chi connectivity index (χ1n) is 8.83. The van der Waals surface area contributed by atoms with E-state index in [1.54, 1.807) is 11.1 Å². The summed E-state index contributed by atoms with van der Waals surface area (Å²) in [6.07, 6.45) is 0. The Hall–Kier alpha value is -3.15. The van der Waals surface area contributed by atoms with Crippen molar-refractivity contribution in [2.75, 3.05) is 12.4 Å². The normalized spacial score (nSPS) is 11.7. The van der Waals surface area contributed by atoms with E-state index in [0.29, 0.717) is 18.2 Å². The summed E-state index contributed by atoms with van der Waals surface area (Å²) in [6, 6.07) is 14.9. The Labute approximate surface area is 160 Å². The largest absolute Gasteiger partial charge is 0.375 e. The quantitative estimate of drug-likeness (QED) is 0.399. The van der Waals surface area contributed by atoms with Gasteiger partial charge in [0.1, 0.15) is 5.69 Å². The van der Waals surface area contributed by atoms with Crippen LogP contribution in [0.25, 0.3) is 5.70 Å². The highest BCUT2D eigenvalue weighted by molar-refractivity contribution is 5.74. The minimum absolute atomic E-state index is 0.0467. The molecule has 0 radical (unpaired) electrons. The maximum Gasteiger partial charge on any atom is 0.292 e. The SMILES string of the molecule is C=NN(C)/C(=C(/C)C(C)C)c1ccc([N+](=O)[O-])c(NCc2ccccc2)c1. The van der Waals surface area contributed by atoms with E-state index in [4.69, 9.17) is 0 Å². The van der Waals surface area contributed by atoms with Gasteiger partial charge in [-0.3, -0.25) is 15.1 Å². The van der Waals surface area contributed by atoms with Gasteiger partial charge >= 0.3 is 0 Å². The fourth-order valence-electron chi connectivity index (χ4n) is 2.79. The molecule has 6 heteroatoms. The second-order valence-corrected chi connectivity index (χ2v) is 6.68. The van der Waals surface area contributed by atoms with Gasteiger partial charge in [0.2, 0.25) is 0 Å². The van der Waals surface area contributed by atoms with E-state index in [0.717, 1.165) is 22.4 Å². The molecule has 0 heterocycles. The van der Waals surface area contributed by atoms with Gasteiger partial charge in [-0.15, -0.1) is 0 Å². The number of benzene rings is 2. The van der Waals surface area contributed by atoms with Crippen molar-refractivity contribution in [3.8, 4) is 0 Å². The Morgan fingerprint density at radius 3 is 2.48 bits per heavy atom. The third kappa shape index (κ3) is 4.94. The second-order valence-electron chi connectivity index (χ2n) is 6.68. The number of hydrogen-bond acceptors (Lipinski definition) is 5. The summed E-state index contributed by atoms with van der Waals surface area (Å²) in [5.74, 6) is 0.306. The molecular formula is C21H26N4O2. The van der Waals surface area contributed by atoms with E-state index >= 15 is 0 Å². The Morgan fingerprint density at radius 1 is 1.26 bits per heavy atom. The fourth-order valence-corrected chi connectivity index (χ4v) is 2.79. The Bertz CT molecular complexity index is 845. The van der Waals surface area contributed by atoms with Gasteiger partial charge in [-0.1, -0.05) is 44.2 Å². The summed E-state index contributed by atoms with van der Waals surface area (Å²) < 4.78 is 0. The molecule has 2 aromatic rings. The van der Waals surface area contributed by atoms with Crippen molar-refractivity contribution >= 4 is 23.8 Å². The summed E-state index contributed by atoms with van der Waals surface area (Å²) >= 11 is 0. The average molecular weight is 366 g/mol. The molecule has 2 aromatic carbocycles. The van der Waals surface area contributed by atoms with Crippen LogP contribution in [0.15, 0.2) is 59.2 Å². The number of nitro groups is 1. The minimum atomic E-state index is -0.370. The van der Waals surface area contributed by atoms with E-state index in [2.05, 4.69) is 31.0 Å². The lowest BCUT2D eigenvalue weighted by atomic mass is 9.97. The average Bonchev–Trinajstić information content (AvgIpc) is 2.66. The zero-order valence-electron chi connectivity index (χ0n) is 16.3. The van der Waals surface area contributed by atoms with Crippen LogP contribution in [0.4, 0.5) is 11.4 Å². The van der Waals surface area contributed by atoms with E-state index in [-0.39, 0.29) is 10.6 Å². The van der Waals surface area contributed by atoms with Crippen LogP contribution in [0, 0.1) is 16.0 Å². The Morgan fingerprint density at radius 2 is 1.93 bits per heavy atom. The number of allylic oxidation sites excluding steroid dienone is 1. The molecule has 0 fully saturated rings. The van der Waals surface area contributed by atoms with Crippen LogP contribution < -0.4 is 5.32 Å². The molecule has 0 saturated carbocycles. The van der Waals surface area contributed by atoms with Gasteiger partial charge < -0.3 is 5.32 Å². The van der Waals surface area contributed by atoms with Crippen molar-refractivity contribution in [3.05, 3.63) is 75.3 Å². The first-order chi connectivity index (χ1) is 12.8. The molecule has 0 bridgehead atoms. The number of nitrogens with zero attached hydrogens (tertiary/aromatic N) is 3. The van der Waals surface area contributed by atoms with Gasteiger partial charge in [0, 0.05) is 31.9 Å². The number of nitro benzene ring substituents is 1. The molecule has 0 aliphatic rings. The molecule has 0 aliphatic carbocycles. The third-order valence-electron chi connectivity index (χ3n) is 4.57. The summed E-state index contributed by atoms with van der Waals surface area (Å²) in [5.41, 5.74) is 4.47. The molecule has 0 atom stereocenters. The number of nitrogens with one attached hydrogen (secondary N) is 1. The molecule has 0 spiro atoms. The zero-order valence-corrected chi connectivity index (χ0v) is 16.3.